The van der Waals surface area contributed by atoms with E-state index in [0.29, 0.717) is 11.5 Å². The van der Waals surface area contributed by atoms with Gasteiger partial charge in [0.15, 0.2) is 11.5 Å². The van der Waals surface area contributed by atoms with E-state index in [1.807, 2.05) is 32.0 Å². The fourth-order valence-electron chi connectivity index (χ4n) is 2.93. The zero-order chi connectivity index (χ0) is 21.0. The smallest absolute Gasteiger partial charge is 0.240 e. The van der Waals surface area contributed by atoms with Gasteiger partial charge in [0, 0.05) is 6.54 Å². The van der Waals surface area contributed by atoms with E-state index in [-0.39, 0.29) is 17.5 Å². The van der Waals surface area contributed by atoms with Crippen LogP contribution in [-0.2, 0) is 16.6 Å². The number of rotatable bonds is 8. The number of ether oxygens (including phenoxy) is 3. The quantitative estimate of drug-likeness (QED) is 0.599. The average Bonchev–Trinajstić information content (AvgIpc) is 2.71. The number of sulfonamides is 1. The molecule has 0 saturated carbocycles. The Kier molecular flexibility index (Phi) is 6.30. The van der Waals surface area contributed by atoms with Crippen LogP contribution >= 0.6 is 0 Å². The minimum Gasteiger partial charge on any atom is -0.497 e. The average molecular weight is 416 g/mol. The summed E-state index contributed by atoms with van der Waals surface area (Å²) in [5.74, 6) is 1.92. The van der Waals surface area contributed by atoms with Gasteiger partial charge in [0.2, 0.25) is 10.0 Å². The first-order valence-corrected chi connectivity index (χ1v) is 10.7. The molecule has 3 aromatic rings. The summed E-state index contributed by atoms with van der Waals surface area (Å²) in [4.78, 5) is 0.210. The number of fused-ring (bicyclic) bond motifs is 1. The van der Waals surface area contributed by atoms with E-state index in [0.717, 1.165) is 22.1 Å². The lowest BCUT2D eigenvalue weighted by atomic mass is 10.1. The number of benzene rings is 3. The number of hydrogen-bond acceptors (Lipinski definition) is 5. The van der Waals surface area contributed by atoms with Crippen LogP contribution in [0.2, 0.25) is 0 Å². The molecule has 3 aromatic carbocycles. The third-order valence-electron chi connectivity index (χ3n) is 4.39. The predicted molar refractivity (Wildman–Crippen MR) is 113 cm³/mol. The second-order valence-electron chi connectivity index (χ2n) is 6.85. The molecule has 3 rings (SSSR count). The maximum Gasteiger partial charge on any atom is 0.240 e. The van der Waals surface area contributed by atoms with Crippen molar-refractivity contribution in [3.63, 3.8) is 0 Å². The third-order valence-corrected chi connectivity index (χ3v) is 5.79. The molecule has 29 heavy (non-hydrogen) atoms. The second kappa shape index (κ2) is 8.71. The topological polar surface area (TPSA) is 73.9 Å². The highest BCUT2D eigenvalue weighted by molar-refractivity contribution is 7.89. The fraction of sp³-hybridized carbons (Fsp3) is 0.273. The summed E-state index contributed by atoms with van der Waals surface area (Å²) < 4.78 is 44.4. The van der Waals surface area contributed by atoms with E-state index in [4.69, 9.17) is 14.2 Å². The van der Waals surface area contributed by atoms with Crippen LogP contribution in [0.5, 0.6) is 17.2 Å². The zero-order valence-electron chi connectivity index (χ0n) is 16.9. The van der Waals surface area contributed by atoms with Crippen LogP contribution in [0.15, 0.2) is 59.5 Å². The van der Waals surface area contributed by atoms with E-state index in [1.165, 1.54) is 0 Å². The Morgan fingerprint density at radius 2 is 1.59 bits per heavy atom. The SMILES string of the molecule is COc1ccc2cc(S(=O)(=O)NCc3ccc(OC(C)C)c(OC)c3)ccc2c1. The molecule has 0 spiro atoms. The summed E-state index contributed by atoms with van der Waals surface area (Å²) >= 11 is 0. The minimum atomic E-state index is -3.67. The first-order chi connectivity index (χ1) is 13.8. The van der Waals surface area contributed by atoms with Gasteiger partial charge in [0.1, 0.15) is 5.75 Å². The van der Waals surface area contributed by atoms with Crippen molar-refractivity contribution in [2.45, 2.75) is 31.4 Å². The second-order valence-corrected chi connectivity index (χ2v) is 8.62. The van der Waals surface area contributed by atoms with E-state index in [2.05, 4.69) is 4.72 Å². The molecule has 7 heteroatoms. The van der Waals surface area contributed by atoms with Crippen molar-refractivity contribution in [1.29, 1.82) is 0 Å². The van der Waals surface area contributed by atoms with Crippen LogP contribution in [0.4, 0.5) is 0 Å². The number of methoxy groups -OCH3 is 2. The van der Waals surface area contributed by atoms with E-state index >= 15 is 0 Å². The monoisotopic (exact) mass is 415 g/mol. The molecule has 0 fully saturated rings. The molecule has 0 saturated heterocycles. The molecule has 0 unspecified atom stereocenters. The van der Waals surface area contributed by atoms with Gasteiger partial charge in [-0.05, 0) is 66.6 Å². The van der Waals surface area contributed by atoms with Crippen LogP contribution in [0.3, 0.4) is 0 Å². The predicted octanol–water partition coefficient (Wildman–Crippen LogP) is 4.12. The van der Waals surface area contributed by atoms with E-state index in [1.54, 1.807) is 50.6 Å². The Labute approximate surface area is 171 Å². The van der Waals surface area contributed by atoms with Crippen LogP contribution in [0.1, 0.15) is 19.4 Å². The molecule has 0 amide bonds. The molecule has 0 heterocycles. The Hall–Kier alpha value is -2.77. The molecule has 6 nitrogen and oxygen atoms in total. The molecule has 0 aromatic heterocycles. The van der Waals surface area contributed by atoms with Gasteiger partial charge in [-0.1, -0.05) is 18.2 Å². The molecule has 0 radical (unpaired) electrons. The maximum absolute atomic E-state index is 12.7. The first kappa shape index (κ1) is 21.0. The van der Waals surface area contributed by atoms with E-state index in [9.17, 15) is 8.42 Å². The Morgan fingerprint density at radius 1 is 0.862 bits per heavy atom. The van der Waals surface area contributed by atoms with Gasteiger partial charge in [0.05, 0.1) is 25.2 Å². The number of nitrogens with one attached hydrogen (secondary N) is 1. The summed E-state index contributed by atoms with van der Waals surface area (Å²) in [5, 5.41) is 1.74. The van der Waals surface area contributed by atoms with Crippen molar-refractivity contribution in [2.75, 3.05) is 14.2 Å². The van der Waals surface area contributed by atoms with Crippen molar-refractivity contribution in [3.05, 3.63) is 60.2 Å². The van der Waals surface area contributed by atoms with Crippen molar-refractivity contribution >= 4 is 20.8 Å². The Balaban J connectivity index is 1.78. The summed E-state index contributed by atoms with van der Waals surface area (Å²) in [6.07, 6.45) is 0.0149. The normalized spacial score (nSPS) is 11.6. The van der Waals surface area contributed by atoms with Crippen LogP contribution in [-0.4, -0.2) is 28.7 Å². The maximum atomic E-state index is 12.7. The first-order valence-electron chi connectivity index (χ1n) is 9.23. The molecule has 0 aliphatic heterocycles. The highest BCUT2D eigenvalue weighted by atomic mass is 32.2. The lowest BCUT2D eigenvalue weighted by molar-refractivity contribution is 0.230. The lowest BCUT2D eigenvalue weighted by Gasteiger charge is -2.15. The molecule has 0 atom stereocenters. The molecular formula is C22H25NO5S. The molecule has 0 aliphatic rings. The van der Waals surface area contributed by atoms with Crippen molar-refractivity contribution < 1.29 is 22.6 Å². The molecule has 1 N–H and O–H groups in total. The molecule has 0 aliphatic carbocycles. The van der Waals surface area contributed by atoms with Crippen LogP contribution in [0.25, 0.3) is 10.8 Å². The summed E-state index contributed by atoms with van der Waals surface area (Å²) in [6.45, 7) is 4.00. The summed E-state index contributed by atoms with van der Waals surface area (Å²) in [6, 6.07) is 15.9. The molecular weight excluding hydrogens is 390 g/mol. The molecule has 154 valence electrons. The van der Waals surface area contributed by atoms with Gasteiger partial charge in [-0.25, -0.2) is 13.1 Å². The standard InChI is InChI=1S/C22H25NO5S/c1-15(2)28-21-10-5-16(11-22(21)27-4)14-23-29(24,25)20-9-7-17-12-19(26-3)8-6-18(17)13-20/h5-13,15,23H,14H2,1-4H3. The Morgan fingerprint density at radius 3 is 2.28 bits per heavy atom. The van der Waals surface area contributed by atoms with Gasteiger partial charge in [-0.3, -0.25) is 0 Å². The zero-order valence-corrected chi connectivity index (χ0v) is 17.7. The van der Waals surface area contributed by atoms with Crippen LogP contribution < -0.4 is 18.9 Å². The Bertz CT molecular complexity index is 1110. The summed E-state index contributed by atoms with van der Waals surface area (Å²) in [7, 11) is -0.514. The highest BCUT2D eigenvalue weighted by Gasteiger charge is 2.15. The van der Waals surface area contributed by atoms with Crippen molar-refractivity contribution in [1.82, 2.24) is 4.72 Å². The van der Waals surface area contributed by atoms with Crippen molar-refractivity contribution in [3.8, 4) is 17.2 Å². The lowest BCUT2D eigenvalue weighted by Crippen LogP contribution is -2.23. The minimum absolute atomic E-state index is 0.0149. The van der Waals surface area contributed by atoms with Crippen LogP contribution in [0, 0.1) is 0 Å². The van der Waals surface area contributed by atoms with Gasteiger partial charge in [-0.15, -0.1) is 0 Å². The largest absolute Gasteiger partial charge is 0.497 e. The van der Waals surface area contributed by atoms with Gasteiger partial charge in [0.25, 0.3) is 0 Å². The van der Waals surface area contributed by atoms with E-state index < -0.39 is 10.0 Å². The third kappa shape index (κ3) is 4.99. The molecule has 0 bridgehead atoms. The summed E-state index contributed by atoms with van der Waals surface area (Å²) in [5.41, 5.74) is 0.770. The van der Waals surface area contributed by atoms with Gasteiger partial charge >= 0.3 is 0 Å². The van der Waals surface area contributed by atoms with Gasteiger partial charge in [-0.2, -0.15) is 0 Å². The van der Waals surface area contributed by atoms with Crippen molar-refractivity contribution in [2.24, 2.45) is 0 Å². The highest BCUT2D eigenvalue weighted by Crippen LogP contribution is 2.29. The number of hydrogen-bond donors (Lipinski definition) is 1. The fourth-order valence-corrected chi connectivity index (χ4v) is 3.98. The van der Waals surface area contributed by atoms with Gasteiger partial charge < -0.3 is 14.2 Å².